The molecule has 108 valence electrons. The molecule has 0 spiro atoms. The van der Waals surface area contributed by atoms with E-state index in [9.17, 15) is 4.79 Å². The van der Waals surface area contributed by atoms with E-state index in [-0.39, 0.29) is 5.78 Å². The first-order chi connectivity index (χ1) is 9.72. The van der Waals surface area contributed by atoms with Gasteiger partial charge in [-0.1, -0.05) is 0 Å². The SMILES string of the molecule is COc1ccc(C(C)=O)c2c1CCCC2N1CCCC1. The first-order valence-electron chi connectivity index (χ1n) is 7.67. The number of fused-ring (bicyclic) bond motifs is 1. The number of carbonyl (C=O) groups excluding carboxylic acids is 1. The molecule has 1 aliphatic carbocycles. The molecule has 1 unspecified atom stereocenters. The van der Waals surface area contributed by atoms with E-state index in [0.29, 0.717) is 6.04 Å². The van der Waals surface area contributed by atoms with Crippen molar-refractivity contribution in [2.75, 3.05) is 20.2 Å². The van der Waals surface area contributed by atoms with E-state index in [0.717, 1.165) is 17.7 Å². The molecule has 0 amide bonds. The molecule has 0 radical (unpaired) electrons. The third kappa shape index (κ3) is 2.24. The van der Waals surface area contributed by atoms with Gasteiger partial charge in [0.2, 0.25) is 0 Å². The van der Waals surface area contributed by atoms with Gasteiger partial charge in [0.15, 0.2) is 5.78 Å². The average Bonchev–Trinajstić information content (AvgIpc) is 2.99. The second kappa shape index (κ2) is 5.57. The molecule has 1 saturated heterocycles. The van der Waals surface area contributed by atoms with Crippen LogP contribution in [-0.4, -0.2) is 30.9 Å². The van der Waals surface area contributed by atoms with Crippen molar-refractivity contribution in [3.05, 3.63) is 28.8 Å². The van der Waals surface area contributed by atoms with Crippen molar-refractivity contribution in [3.8, 4) is 5.75 Å². The Balaban J connectivity index is 2.10. The van der Waals surface area contributed by atoms with Crippen LogP contribution in [0.25, 0.3) is 0 Å². The highest BCUT2D eigenvalue weighted by molar-refractivity contribution is 5.96. The van der Waals surface area contributed by atoms with Gasteiger partial charge in [0.1, 0.15) is 5.75 Å². The Morgan fingerprint density at radius 1 is 1.25 bits per heavy atom. The lowest BCUT2D eigenvalue weighted by Crippen LogP contribution is -2.30. The Labute approximate surface area is 120 Å². The Bertz CT molecular complexity index is 518. The minimum atomic E-state index is 0.176. The van der Waals surface area contributed by atoms with Crippen LogP contribution < -0.4 is 4.74 Å². The molecule has 1 atom stereocenters. The van der Waals surface area contributed by atoms with Gasteiger partial charge in [-0.05, 0) is 75.4 Å². The van der Waals surface area contributed by atoms with Crippen molar-refractivity contribution in [1.29, 1.82) is 0 Å². The molecule has 3 nitrogen and oxygen atoms in total. The quantitative estimate of drug-likeness (QED) is 0.791. The van der Waals surface area contributed by atoms with E-state index in [1.165, 1.54) is 49.9 Å². The van der Waals surface area contributed by atoms with Crippen molar-refractivity contribution in [3.63, 3.8) is 0 Å². The zero-order chi connectivity index (χ0) is 14.1. The van der Waals surface area contributed by atoms with Crippen LogP contribution in [0.3, 0.4) is 0 Å². The summed E-state index contributed by atoms with van der Waals surface area (Å²) < 4.78 is 5.53. The molecule has 1 aromatic carbocycles. The average molecular weight is 273 g/mol. The summed E-state index contributed by atoms with van der Waals surface area (Å²) in [5.41, 5.74) is 3.42. The lowest BCUT2D eigenvalue weighted by atomic mass is 9.82. The second-order valence-electron chi connectivity index (χ2n) is 5.91. The zero-order valence-corrected chi connectivity index (χ0v) is 12.4. The van der Waals surface area contributed by atoms with Gasteiger partial charge in [0.25, 0.3) is 0 Å². The number of methoxy groups -OCH3 is 1. The third-order valence-corrected chi connectivity index (χ3v) is 4.73. The van der Waals surface area contributed by atoms with Crippen LogP contribution in [0.4, 0.5) is 0 Å². The van der Waals surface area contributed by atoms with Gasteiger partial charge >= 0.3 is 0 Å². The van der Waals surface area contributed by atoms with Crippen LogP contribution in [0.5, 0.6) is 5.75 Å². The van der Waals surface area contributed by atoms with Crippen LogP contribution in [0.15, 0.2) is 12.1 Å². The minimum absolute atomic E-state index is 0.176. The van der Waals surface area contributed by atoms with E-state index in [2.05, 4.69) is 4.90 Å². The molecule has 1 heterocycles. The first-order valence-corrected chi connectivity index (χ1v) is 7.67. The minimum Gasteiger partial charge on any atom is -0.496 e. The highest BCUT2D eigenvalue weighted by Crippen LogP contribution is 2.41. The van der Waals surface area contributed by atoms with Gasteiger partial charge < -0.3 is 4.74 Å². The van der Waals surface area contributed by atoms with E-state index >= 15 is 0 Å². The fourth-order valence-electron chi connectivity index (χ4n) is 3.82. The third-order valence-electron chi connectivity index (χ3n) is 4.73. The van der Waals surface area contributed by atoms with E-state index in [4.69, 9.17) is 4.74 Å². The lowest BCUT2D eigenvalue weighted by Gasteiger charge is -2.35. The maximum atomic E-state index is 12.0. The summed E-state index contributed by atoms with van der Waals surface area (Å²) in [6, 6.07) is 4.33. The summed E-state index contributed by atoms with van der Waals surface area (Å²) in [5.74, 6) is 1.13. The Morgan fingerprint density at radius 3 is 2.65 bits per heavy atom. The molecule has 1 aliphatic heterocycles. The number of likely N-dealkylation sites (tertiary alicyclic amines) is 1. The molecule has 1 aromatic rings. The molecular weight excluding hydrogens is 250 g/mol. The first kappa shape index (κ1) is 13.6. The maximum absolute atomic E-state index is 12.0. The monoisotopic (exact) mass is 273 g/mol. The van der Waals surface area contributed by atoms with Crippen molar-refractivity contribution in [1.82, 2.24) is 4.90 Å². The molecule has 0 bridgehead atoms. The largest absolute Gasteiger partial charge is 0.496 e. The Morgan fingerprint density at radius 2 is 2.00 bits per heavy atom. The molecule has 0 aromatic heterocycles. The lowest BCUT2D eigenvalue weighted by molar-refractivity contribution is 0.101. The number of benzene rings is 1. The smallest absolute Gasteiger partial charge is 0.160 e. The van der Waals surface area contributed by atoms with Gasteiger partial charge in [0, 0.05) is 11.6 Å². The summed E-state index contributed by atoms with van der Waals surface area (Å²) in [6.45, 7) is 4.01. The summed E-state index contributed by atoms with van der Waals surface area (Å²) in [5, 5.41) is 0. The topological polar surface area (TPSA) is 29.5 Å². The molecular formula is C17H23NO2. The molecule has 0 N–H and O–H groups in total. The van der Waals surface area contributed by atoms with E-state index in [1.807, 2.05) is 12.1 Å². The summed E-state index contributed by atoms with van der Waals surface area (Å²) in [6.07, 6.45) is 5.95. The molecule has 20 heavy (non-hydrogen) atoms. The van der Waals surface area contributed by atoms with Crippen LogP contribution >= 0.6 is 0 Å². The standard InChI is InChI=1S/C17H23NO2/c1-12(19)13-8-9-16(20-2)14-6-5-7-15(17(13)14)18-10-3-4-11-18/h8-9,15H,3-7,10-11H2,1-2H3. The van der Waals surface area contributed by atoms with Crippen LogP contribution in [0, 0.1) is 0 Å². The highest BCUT2D eigenvalue weighted by Gasteiger charge is 2.32. The normalized spacial score (nSPS) is 22.6. The van der Waals surface area contributed by atoms with Crippen molar-refractivity contribution in [2.45, 2.75) is 45.1 Å². The van der Waals surface area contributed by atoms with Crippen molar-refractivity contribution in [2.24, 2.45) is 0 Å². The molecule has 1 fully saturated rings. The van der Waals surface area contributed by atoms with Crippen LogP contribution in [0.2, 0.25) is 0 Å². The maximum Gasteiger partial charge on any atom is 0.160 e. The van der Waals surface area contributed by atoms with E-state index in [1.54, 1.807) is 14.0 Å². The predicted octanol–water partition coefficient (Wildman–Crippen LogP) is 3.37. The molecule has 3 heteroatoms. The number of hydrogen-bond donors (Lipinski definition) is 0. The van der Waals surface area contributed by atoms with Gasteiger partial charge in [-0.25, -0.2) is 0 Å². The van der Waals surface area contributed by atoms with Gasteiger partial charge in [-0.15, -0.1) is 0 Å². The predicted molar refractivity (Wildman–Crippen MR) is 79.5 cm³/mol. The Kier molecular flexibility index (Phi) is 3.79. The molecule has 0 saturated carbocycles. The molecule has 2 aliphatic rings. The van der Waals surface area contributed by atoms with Crippen LogP contribution in [0.1, 0.15) is 60.1 Å². The second-order valence-corrected chi connectivity index (χ2v) is 5.91. The van der Waals surface area contributed by atoms with Crippen molar-refractivity contribution < 1.29 is 9.53 Å². The number of nitrogens with zero attached hydrogens (tertiary/aromatic N) is 1. The van der Waals surface area contributed by atoms with Crippen LogP contribution in [-0.2, 0) is 6.42 Å². The number of ether oxygens (including phenoxy) is 1. The summed E-state index contributed by atoms with van der Waals surface area (Å²) >= 11 is 0. The number of Topliss-reactive ketones (excluding diaryl/α,β-unsaturated/α-hetero) is 1. The van der Waals surface area contributed by atoms with Gasteiger partial charge in [0.05, 0.1) is 7.11 Å². The number of ketones is 1. The number of carbonyl (C=O) groups is 1. The van der Waals surface area contributed by atoms with Crippen molar-refractivity contribution >= 4 is 5.78 Å². The van der Waals surface area contributed by atoms with Gasteiger partial charge in [-0.2, -0.15) is 0 Å². The fraction of sp³-hybridized carbons (Fsp3) is 0.588. The number of hydrogen-bond acceptors (Lipinski definition) is 3. The fourth-order valence-corrected chi connectivity index (χ4v) is 3.82. The van der Waals surface area contributed by atoms with Gasteiger partial charge in [-0.3, -0.25) is 9.69 Å². The summed E-state index contributed by atoms with van der Waals surface area (Å²) in [7, 11) is 1.72. The van der Waals surface area contributed by atoms with E-state index < -0.39 is 0 Å². The Hall–Kier alpha value is -1.35. The number of rotatable bonds is 3. The highest BCUT2D eigenvalue weighted by atomic mass is 16.5. The zero-order valence-electron chi connectivity index (χ0n) is 12.4. The summed E-state index contributed by atoms with van der Waals surface area (Å²) in [4.78, 5) is 14.6. The molecule has 3 rings (SSSR count).